The van der Waals surface area contributed by atoms with Gasteiger partial charge in [0.2, 0.25) is 0 Å². The zero-order valence-corrected chi connectivity index (χ0v) is 13.2. The van der Waals surface area contributed by atoms with Crippen molar-refractivity contribution in [3.8, 4) is 0 Å². The molecule has 0 unspecified atom stereocenters. The first-order valence-electron chi connectivity index (χ1n) is 7.79. The molecule has 1 aromatic rings. The van der Waals surface area contributed by atoms with Crippen LogP contribution in [-0.2, 0) is 0 Å². The topological polar surface area (TPSA) is 55.1 Å². The van der Waals surface area contributed by atoms with Gasteiger partial charge in [-0.15, -0.1) is 11.3 Å². The van der Waals surface area contributed by atoms with E-state index in [0.29, 0.717) is 17.8 Å². The van der Waals surface area contributed by atoms with Crippen LogP contribution in [0.4, 0.5) is 10.7 Å². The summed E-state index contributed by atoms with van der Waals surface area (Å²) in [5.74, 6) is 0.767. The highest BCUT2D eigenvalue weighted by molar-refractivity contribution is 7.18. The Labute approximate surface area is 124 Å². The number of nitrogens with one attached hydrogen (secondary N) is 1. The van der Waals surface area contributed by atoms with Crippen LogP contribution in [0.15, 0.2) is 0 Å². The van der Waals surface area contributed by atoms with E-state index >= 15 is 0 Å². The standard InChI is InChI=1S/C16H24N2OS/c1-3-11(19)14-13(17)12(10-5-6-10)15(20-14)18-9-16(4-2)7-8-16/h10,18H,3-9,17H2,1-2H3. The number of ketones is 1. The molecule has 0 radical (unpaired) electrons. The highest BCUT2D eigenvalue weighted by Gasteiger charge is 2.41. The molecule has 110 valence electrons. The third kappa shape index (κ3) is 2.46. The second kappa shape index (κ2) is 5.06. The molecule has 0 amide bonds. The van der Waals surface area contributed by atoms with Crippen LogP contribution in [0.5, 0.6) is 0 Å². The van der Waals surface area contributed by atoms with Crippen molar-refractivity contribution in [2.45, 2.75) is 58.3 Å². The second-order valence-corrected chi connectivity index (χ2v) is 7.37. The smallest absolute Gasteiger partial charge is 0.174 e. The average molecular weight is 292 g/mol. The minimum absolute atomic E-state index is 0.180. The normalized spacial score (nSPS) is 19.9. The van der Waals surface area contributed by atoms with Crippen molar-refractivity contribution < 1.29 is 4.79 Å². The third-order valence-corrected chi connectivity index (χ3v) is 6.09. The fraction of sp³-hybridized carbons (Fsp3) is 0.688. The summed E-state index contributed by atoms with van der Waals surface area (Å²) in [6.45, 7) is 5.20. The molecule has 0 atom stereocenters. The van der Waals surface area contributed by atoms with Crippen LogP contribution in [0.2, 0.25) is 0 Å². The van der Waals surface area contributed by atoms with Crippen molar-refractivity contribution in [1.29, 1.82) is 0 Å². The molecule has 3 rings (SSSR count). The zero-order chi connectivity index (χ0) is 14.3. The van der Waals surface area contributed by atoms with Crippen molar-refractivity contribution >= 4 is 27.8 Å². The molecule has 0 bridgehead atoms. The summed E-state index contributed by atoms with van der Waals surface area (Å²) in [4.78, 5) is 12.8. The Balaban J connectivity index is 1.83. The maximum Gasteiger partial charge on any atom is 0.174 e. The first-order chi connectivity index (χ1) is 9.60. The molecule has 1 heterocycles. The van der Waals surface area contributed by atoms with Gasteiger partial charge in [0, 0.05) is 18.5 Å². The molecule has 4 heteroatoms. The van der Waals surface area contributed by atoms with E-state index in [1.54, 1.807) is 11.3 Å². The largest absolute Gasteiger partial charge is 0.397 e. The van der Waals surface area contributed by atoms with Crippen LogP contribution in [0.25, 0.3) is 0 Å². The van der Waals surface area contributed by atoms with Gasteiger partial charge in [-0.2, -0.15) is 0 Å². The number of hydrogen-bond donors (Lipinski definition) is 2. The molecular weight excluding hydrogens is 268 g/mol. The molecule has 20 heavy (non-hydrogen) atoms. The van der Waals surface area contributed by atoms with Gasteiger partial charge in [-0.3, -0.25) is 4.79 Å². The number of nitrogens with two attached hydrogens (primary N) is 1. The van der Waals surface area contributed by atoms with Gasteiger partial charge in [-0.25, -0.2) is 0 Å². The summed E-state index contributed by atoms with van der Waals surface area (Å²) >= 11 is 1.58. The Morgan fingerprint density at radius 1 is 1.40 bits per heavy atom. The van der Waals surface area contributed by atoms with E-state index in [4.69, 9.17) is 5.73 Å². The third-order valence-electron chi connectivity index (χ3n) is 4.87. The zero-order valence-electron chi connectivity index (χ0n) is 12.4. The number of rotatable bonds is 7. The summed E-state index contributed by atoms with van der Waals surface area (Å²) < 4.78 is 0. The van der Waals surface area contributed by atoms with Gasteiger partial charge in [-0.05, 0) is 43.4 Å². The molecule has 3 N–H and O–H groups in total. The summed E-state index contributed by atoms with van der Waals surface area (Å²) in [6, 6.07) is 0. The molecule has 2 aliphatic carbocycles. The van der Waals surface area contributed by atoms with E-state index < -0.39 is 0 Å². The molecule has 0 aliphatic heterocycles. The Kier molecular flexibility index (Phi) is 3.53. The van der Waals surface area contributed by atoms with Crippen LogP contribution in [0.1, 0.15) is 73.5 Å². The first kappa shape index (κ1) is 13.9. The highest BCUT2D eigenvalue weighted by Crippen LogP contribution is 2.53. The van der Waals surface area contributed by atoms with Gasteiger partial charge in [-0.1, -0.05) is 13.8 Å². The maximum atomic E-state index is 12.0. The van der Waals surface area contributed by atoms with E-state index in [2.05, 4.69) is 12.2 Å². The van der Waals surface area contributed by atoms with Crippen molar-refractivity contribution in [2.24, 2.45) is 5.41 Å². The van der Waals surface area contributed by atoms with Crippen LogP contribution in [0.3, 0.4) is 0 Å². The van der Waals surface area contributed by atoms with Gasteiger partial charge in [0.05, 0.1) is 15.6 Å². The average Bonchev–Trinajstić information content (AvgIpc) is 3.36. The fourth-order valence-electron chi connectivity index (χ4n) is 2.83. The highest BCUT2D eigenvalue weighted by atomic mass is 32.1. The van der Waals surface area contributed by atoms with Crippen LogP contribution >= 0.6 is 11.3 Å². The van der Waals surface area contributed by atoms with Gasteiger partial charge in [0.25, 0.3) is 0 Å². The predicted octanol–water partition coefficient (Wildman–Crippen LogP) is 4.40. The summed E-state index contributed by atoms with van der Waals surface area (Å²) in [7, 11) is 0. The van der Waals surface area contributed by atoms with Crippen molar-refractivity contribution in [3.05, 3.63) is 10.4 Å². The summed E-state index contributed by atoms with van der Waals surface area (Å²) in [6.07, 6.45) is 6.86. The van der Waals surface area contributed by atoms with Gasteiger partial charge >= 0.3 is 0 Å². The van der Waals surface area contributed by atoms with E-state index in [1.807, 2.05) is 6.92 Å². The molecule has 0 saturated heterocycles. The number of carbonyl (C=O) groups excluding carboxylic acids is 1. The first-order valence-corrected chi connectivity index (χ1v) is 8.61. The van der Waals surface area contributed by atoms with Gasteiger partial charge < -0.3 is 11.1 Å². The van der Waals surface area contributed by atoms with Crippen molar-refractivity contribution in [3.63, 3.8) is 0 Å². The lowest BCUT2D eigenvalue weighted by Crippen LogP contribution is -2.14. The fourth-order valence-corrected chi connectivity index (χ4v) is 4.05. The molecule has 2 aliphatic rings. The predicted molar refractivity (Wildman–Crippen MR) is 85.8 cm³/mol. The lowest BCUT2D eigenvalue weighted by Gasteiger charge is -2.14. The SMILES string of the molecule is CCC(=O)c1sc(NCC2(CC)CC2)c(C2CC2)c1N. The quantitative estimate of drug-likeness (QED) is 0.732. The van der Waals surface area contributed by atoms with Crippen LogP contribution < -0.4 is 11.1 Å². The minimum atomic E-state index is 0.180. The number of anilines is 2. The number of Topliss-reactive ketones (excluding diaryl/α,β-unsaturated/α-hetero) is 1. The van der Waals surface area contributed by atoms with E-state index in [0.717, 1.165) is 17.1 Å². The van der Waals surface area contributed by atoms with Gasteiger partial charge in [0.1, 0.15) is 0 Å². The summed E-state index contributed by atoms with van der Waals surface area (Å²) in [5, 5.41) is 4.78. The molecule has 1 aromatic heterocycles. The monoisotopic (exact) mass is 292 g/mol. The van der Waals surface area contributed by atoms with Crippen LogP contribution in [0, 0.1) is 5.41 Å². The maximum absolute atomic E-state index is 12.0. The Morgan fingerprint density at radius 3 is 2.60 bits per heavy atom. The Bertz CT molecular complexity index is 527. The number of hydrogen-bond acceptors (Lipinski definition) is 4. The van der Waals surface area contributed by atoms with Gasteiger partial charge in [0.15, 0.2) is 5.78 Å². The van der Waals surface area contributed by atoms with Crippen LogP contribution in [-0.4, -0.2) is 12.3 Å². The Hall–Kier alpha value is -1.03. The van der Waals surface area contributed by atoms with Crippen molar-refractivity contribution in [2.75, 3.05) is 17.6 Å². The molecule has 2 fully saturated rings. The van der Waals surface area contributed by atoms with E-state index in [9.17, 15) is 4.79 Å². The second-order valence-electron chi connectivity index (χ2n) is 6.35. The van der Waals surface area contributed by atoms with E-state index in [-0.39, 0.29) is 5.78 Å². The number of thiophene rings is 1. The minimum Gasteiger partial charge on any atom is -0.397 e. The van der Waals surface area contributed by atoms with E-state index in [1.165, 1.54) is 42.7 Å². The molecule has 0 spiro atoms. The molecule has 0 aromatic carbocycles. The lowest BCUT2D eigenvalue weighted by molar-refractivity contribution is 0.0993. The Morgan fingerprint density at radius 2 is 2.10 bits per heavy atom. The lowest BCUT2D eigenvalue weighted by atomic mass is 10.0. The van der Waals surface area contributed by atoms with Crippen molar-refractivity contribution in [1.82, 2.24) is 0 Å². The number of nitrogen functional groups attached to an aromatic ring is 1. The molecular formula is C16H24N2OS. The molecule has 3 nitrogen and oxygen atoms in total. The summed E-state index contributed by atoms with van der Waals surface area (Å²) in [5.41, 5.74) is 8.76. The molecule has 2 saturated carbocycles. The number of carbonyl (C=O) groups is 1.